The topological polar surface area (TPSA) is 57.4 Å². The standard InChI is InChI=1S/C15H16N2O2/c16-15-9-3-1-2-4-11(9)17-12-8-14-13(7-10(12)15)18-5-6-19-14/h7-8H,1-6H2,(H2,16,17). The van der Waals surface area contributed by atoms with E-state index in [9.17, 15) is 0 Å². The maximum absolute atomic E-state index is 6.34. The fourth-order valence-corrected chi connectivity index (χ4v) is 3.00. The highest BCUT2D eigenvalue weighted by atomic mass is 16.6. The molecule has 0 saturated carbocycles. The van der Waals surface area contributed by atoms with E-state index in [-0.39, 0.29) is 0 Å². The second-order valence-electron chi connectivity index (χ2n) is 5.17. The van der Waals surface area contributed by atoms with E-state index in [4.69, 9.17) is 20.2 Å². The summed E-state index contributed by atoms with van der Waals surface area (Å²) in [5, 5.41) is 0.991. The van der Waals surface area contributed by atoms with Gasteiger partial charge in [-0.15, -0.1) is 0 Å². The highest BCUT2D eigenvalue weighted by Gasteiger charge is 2.19. The third-order valence-corrected chi connectivity index (χ3v) is 3.97. The van der Waals surface area contributed by atoms with Crippen molar-refractivity contribution in [3.8, 4) is 11.5 Å². The van der Waals surface area contributed by atoms with Gasteiger partial charge in [-0.2, -0.15) is 0 Å². The molecule has 0 radical (unpaired) electrons. The number of nitrogen functional groups attached to an aromatic ring is 1. The monoisotopic (exact) mass is 256 g/mol. The number of fused-ring (bicyclic) bond motifs is 3. The Hall–Kier alpha value is -1.97. The number of rotatable bonds is 0. The molecule has 1 aliphatic heterocycles. The summed E-state index contributed by atoms with van der Waals surface area (Å²) in [6.07, 6.45) is 4.48. The van der Waals surface area contributed by atoms with Crippen molar-refractivity contribution < 1.29 is 9.47 Å². The summed E-state index contributed by atoms with van der Waals surface area (Å²) in [7, 11) is 0. The van der Waals surface area contributed by atoms with E-state index < -0.39 is 0 Å². The third-order valence-electron chi connectivity index (χ3n) is 3.97. The fourth-order valence-electron chi connectivity index (χ4n) is 3.00. The number of hydrogen-bond donors (Lipinski definition) is 1. The van der Waals surface area contributed by atoms with Crippen LogP contribution in [-0.2, 0) is 12.8 Å². The van der Waals surface area contributed by atoms with Gasteiger partial charge in [-0.25, -0.2) is 0 Å². The summed E-state index contributed by atoms with van der Waals surface area (Å²) in [6.45, 7) is 1.19. The Balaban J connectivity index is 1.99. The zero-order chi connectivity index (χ0) is 12.8. The molecule has 4 nitrogen and oxygen atoms in total. The van der Waals surface area contributed by atoms with Gasteiger partial charge in [0.25, 0.3) is 0 Å². The molecule has 1 aliphatic carbocycles. The Bertz CT molecular complexity index is 662. The van der Waals surface area contributed by atoms with Crippen LogP contribution in [-0.4, -0.2) is 18.2 Å². The van der Waals surface area contributed by atoms with Crippen LogP contribution < -0.4 is 15.2 Å². The van der Waals surface area contributed by atoms with Crippen molar-refractivity contribution in [2.45, 2.75) is 25.7 Å². The molecule has 0 saturated heterocycles. The van der Waals surface area contributed by atoms with Gasteiger partial charge < -0.3 is 15.2 Å². The van der Waals surface area contributed by atoms with Crippen LogP contribution >= 0.6 is 0 Å². The molecule has 19 heavy (non-hydrogen) atoms. The third kappa shape index (κ3) is 1.63. The maximum atomic E-state index is 6.34. The molecule has 0 atom stereocenters. The van der Waals surface area contributed by atoms with Crippen LogP contribution in [0.2, 0.25) is 0 Å². The van der Waals surface area contributed by atoms with Crippen molar-refractivity contribution in [1.29, 1.82) is 0 Å². The van der Waals surface area contributed by atoms with E-state index in [1.165, 1.54) is 18.4 Å². The van der Waals surface area contributed by atoms with Crippen LogP contribution in [0.1, 0.15) is 24.1 Å². The van der Waals surface area contributed by atoms with E-state index in [0.717, 1.165) is 46.6 Å². The molecule has 0 amide bonds. The van der Waals surface area contributed by atoms with Gasteiger partial charge in [-0.1, -0.05) is 0 Å². The van der Waals surface area contributed by atoms with Crippen LogP contribution in [0.4, 0.5) is 5.69 Å². The lowest BCUT2D eigenvalue weighted by molar-refractivity contribution is 0.172. The smallest absolute Gasteiger partial charge is 0.163 e. The minimum atomic E-state index is 0.594. The number of benzene rings is 1. The average molecular weight is 256 g/mol. The molecule has 0 bridgehead atoms. The van der Waals surface area contributed by atoms with Gasteiger partial charge in [0.1, 0.15) is 13.2 Å². The highest BCUT2D eigenvalue weighted by molar-refractivity contribution is 5.94. The molecule has 98 valence electrons. The summed E-state index contributed by atoms with van der Waals surface area (Å²) >= 11 is 0. The van der Waals surface area contributed by atoms with Gasteiger partial charge in [0, 0.05) is 22.8 Å². The molecular weight excluding hydrogens is 240 g/mol. The molecule has 0 unspecified atom stereocenters. The molecule has 2 N–H and O–H groups in total. The van der Waals surface area contributed by atoms with Crippen LogP contribution in [0.25, 0.3) is 10.9 Å². The highest BCUT2D eigenvalue weighted by Crippen LogP contribution is 2.38. The summed E-state index contributed by atoms with van der Waals surface area (Å²) in [5.41, 5.74) is 10.5. The minimum absolute atomic E-state index is 0.594. The molecular formula is C15H16N2O2. The quantitative estimate of drug-likeness (QED) is 0.786. The Labute approximate surface area is 111 Å². The minimum Gasteiger partial charge on any atom is -0.486 e. The predicted octanol–water partition coefficient (Wildman–Crippen LogP) is 2.47. The number of pyridine rings is 1. The number of nitrogens with zero attached hydrogens (tertiary/aromatic N) is 1. The van der Waals surface area contributed by atoms with Gasteiger partial charge in [-0.3, -0.25) is 4.98 Å². The first-order valence-corrected chi connectivity index (χ1v) is 6.83. The lowest BCUT2D eigenvalue weighted by Crippen LogP contribution is -2.16. The van der Waals surface area contributed by atoms with E-state index in [1.54, 1.807) is 0 Å². The van der Waals surface area contributed by atoms with E-state index in [2.05, 4.69) is 0 Å². The zero-order valence-electron chi connectivity index (χ0n) is 10.7. The van der Waals surface area contributed by atoms with Gasteiger partial charge in [0.15, 0.2) is 11.5 Å². The number of aryl methyl sites for hydroxylation is 1. The van der Waals surface area contributed by atoms with Gasteiger partial charge in [0.05, 0.1) is 5.52 Å². The second kappa shape index (κ2) is 4.02. The van der Waals surface area contributed by atoms with Crippen molar-refractivity contribution in [1.82, 2.24) is 4.98 Å². The number of ether oxygens (including phenoxy) is 2. The molecule has 4 heteroatoms. The molecule has 4 rings (SSSR count). The van der Waals surface area contributed by atoms with Gasteiger partial charge >= 0.3 is 0 Å². The number of anilines is 1. The first-order chi connectivity index (χ1) is 9.33. The van der Waals surface area contributed by atoms with E-state index in [1.807, 2.05) is 12.1 Å². The Morgan fingerprint density at radius 1 is 1.00 bits per heavy atom. The largest absolute Gasteiger partial charge is 0.486 e. The van der Waals surface area contributed by atoms with Crippen LogP contribution in [0, 0.1) is 0 Å². The number of aromatic nitrogens is 1. The summed E-state index contributed by atoms with van der Waals surface area (Å²) < 4.78 is 11.2. The van der Waals surface area contributed by atoms with Crippen molar-refractivity contribution >= 4 is 16.6 Å². The summed E-state index contributed by atoms with van der Waals surface area (Å²) in [5.74, 6) is 1.56. The first-order valence-electron chi connectivity index (χ1n) is 6.83. The molecule has 2 aromatic rings. The molecule has 1 aromatic carbocycles. The fraction of sp³-hybridized carbons (Fsp3) is 0.400. The number of hydrogen-bond acceptors (Lipinski definition) is 4. The molecule has 0 fully saturated rings. The van der Waals surface area contributed by atoms with Crippen LogP contribution in [0.3, 0.4) is 0 Å². The second-order valence-corrected chi connectivity index (χ2v) is 5.17. The molecule has 2 heterocycles. The Kier molecular flexibility index (Phi) is 2.31. The zero-order valence-corrected chi connectivity index (χ0v) is 10.7. The molecule has 0 spiro atoms. The molecule has 1 aromatic heterocycles. The van der Waals surface area contributed by atoms with Crippen LogP contribution in [0.15, 0.2) is 12.1 Å². The maximum Gasteiger partial charge on any atom is 0.163 e. The van der Waals surface area contributed by atoms with Crippen molar-refractivity contribution in [2.24, 2.45) is 0 Å². The Morgan fingerprint density at radius 2 is 1.74 bits per heavy atom. The van der Waals surface area contributed by atoms with E-state index >= 15 is 0 Å². The normalized spacial score (nSPS) is 17.3. The summed E-state index contributed by atoms with van der Waals surface area (Å²) in [6, 6.07) is 3.93. The van der Waals surface area contributed by atoms with E-state index in [0.29, 0.717) is 13.2 Å². The number of nitrogens with two attached hydrogens (primary N) is 1. The van der Waals surface area contributed by atoms with Crippen molar-refractivity contribution in [3.05, 3.63) is 23.4 Å². The van der Waals surface area contributed by atoms with Gasteiger partial charge in [-0.05, 0) is 37.3 Å². The lowest BCUT2D eigenvalue weighted by Gasteiger charge is -2.22. The lowest BCUT2D eigenvalue weighted by atomic mass is 9.93. The van der Waals surface area contributed by atoms with Crippen molar-refractivity contribution in [3.63, 3.8) is 0 Å². The summed E-state index contributed by atoms with van der Waals surface area (Å²) in [4.78, 5) is 4.77. The SMILES string of the molecule is Nc1c2c(nc3cc4c(cc13)OCCO4)CCCC2. The van der Waals surface area contributed by atoms with Crippen LogP contribution in [0.5, 0.6) is 11.5 Å². The van der Waals surface area contributed by atoms with Crippen molar-refractivity contribution in [2.75, 3.05) is 18.9 Å². The molecule has 2 aliphatic rings. The predicted molar refractivity (Wildman–Crippen MR) is 73.8 cm³/mol. The first kappa shape index (κ1) is 10.9. The van der Waals surface area contributed by atoms with Gasteiger partial charge in [0.2, 0.25) is 0 Å². The Morgan fingerprint density at radius 3 is 2.58 bits per heavy atom. The average Bonchev–Trinajstić information content (AvgIpc) is 2.46.